The van der Waals surface area contributed by atoms with Gasteiger partial charge in [0, 0.05) is 46.1 Å². The Bertz CT molecular complexity index is 2710. The maximum Gasteiger partial charge on any atom is 0.255 e. The van der Waals surface area contributed by atoms with Crippen LogP contribution < -0.4 is 21.3 Å². The molecule has 8 aromatic rings. The van der Waals surface area contributed by atoms with Crippen LogP contribution in [0.4, 0.5) is 27.1 Å². The summed E-state index contributed by atoms with van der Waals surface area (Å²) in [5.74, 6) is 0.932. The number of piperidine rings is 1. The van der Waals surface area contributed by atoms with Crippen molar-refractivity contribution >= 4 is 67.3 Å². The Kier molecular flexibility index (Phi) is 11.8. The van der Waals surface area contributed by atoms with Crippen LogP contribution >= 0.6 is 0 Å². The van der Waals surface area contributed by atoms with Gasteiger partial charge in [-0.3, -0.25) is 24.5 Å². The van der Waals surface area contributed by atoms with Crippen molar-refractivity contribution in [3.05, 3.63) is 175 Å². The highest BCUT2D eigenvalue weighted by Gasteiger charge is 2.30. The molecule has 10 heteroatoms. The molecule has 1 aliphatic carbocycles. The molecule has 294 valence electrons. The lowest BCUT2D eigenvalue weighted by Crippen LogP contribution is -2.42. The van der Waals surface area contributed by atoms with Gasteiger partial charge < -0.3 is 21.3 Å². The van der Waals surface area contributed by atoms with E-state index in [2.05, 4.69) is 42.6 Å². The molecule has 0 radical (unpaired) electrons. The van der Waals surface area contributed by atoms with Crippen molar-refractivity contribution in [2.24, 2.45) is 11.8 Å². The largest absolute Gasteiger partial charge is 0.397 e. The number of hydrogen-bond acceptors (Lipinski definition) is 7. The third-order valence-electron chi connectivity index (χ3n) is 10.8. The average Bonchev–Trinajstić information content (AvgIpc) is 3.27. The summed E-state index contributed by atoms with van der Waals surface area (Å²) < 4.78 is 12.8. The number of carbonyl (C=O) groups excluding carboxylic acids is 2. The van der Waals surface area contributed by atoms with Crippen molar-refractivity contribution in [2.75, 3.05) is 34.4 Å². The summed E-state index contributed by atoms with van der Waals surface area (Å²) in [5.41, 5.74) is 12.7. The van der Waals surface area contributed by atoms with Gasteiger partial charge in [-0.2, -0.15) is 0 Å². The average molecular weight is 782 g/mol. The predicted octanol–water partition coefficient (Wildman–Crippen LogP) is 10.6. The molecular weight excluding hydrogens is 738 g/mol. The molecular formula is C49H44FN7O2. The van der Waals surface area contributed by atoms with Crippen LogP contribution in [0.1, 0.15) is 46.4 Å². The Labute approximate surface area is 342 Å². The van der Waals surface area contributed by atoms with Crippen LogP contribution in [0, 0.1) is 17.7 Å². The molecule has 1 saturated heterocycles. The first-order chi connectivity index (χ1) is 28.8. The number of nitrogens with two attached hydrogens (primary N) is 1. The standard InChI is InChI=1S/C24H25N3O.C16H11FN2O.C9H8N2/c28-24(26-21-13-20-6-1-2-7-23(20)25-14-21)19-8-10-22(11-9-19)27-15-17-4-3-5-18(12-17)16-27;17-13-7-5-11(6-8-13)16(20)19-14-9-12-3-1-2-4-15(12)18-10-14;10-8-5-7-3-1-2-4-9(7)11-6-8/h1-2,6-11,13-14,17-18H,3-5,12,15-16H2,(H,26,28);1-10H,(H,19,20);1-6H,10H2. The lowest BCUT2D eigenvalue weighted by Gasteiger charge is -2.42. The molecule has 1 aliphatic heterocycles. The lowest BCUT2D eigenvalue weighted by atomic mass is 9.78. The number of aromatic nitrogens is 3. The summed E-state index contributed by atoms with van der Waals surface area (Å²) >= 11 is 0. The predicted molar refractivity (Wildman–Crippen MR) is 236 cm³/mol. The van der Waals surface area contributed by atoms with Gasteiger partial charge in [0.2, 0.25) is 0 Å². The maximum absolute atomic E-state index is 12.8. The number of hydrogen-bond donors (Lipinski definition) is 3. The Hall–Kier alpha value is -7.20. The van der Waals surface area contributed by atoms with Crippen molar-refractivity contribution < 1.29 is 14.0 Å². The molecule has 2 aliphatic rings. The summed E-state index contributed by atoms with van der Waals surface area (Å²) in [7, 11) is 0. The van der Waals surface area contributed by atoms with Crippen LogP contribution in [0.25, 0.3) is 32.7 Å². The van der Waals surface area contributed by atoms with E-state index in [0.29, 0.717) is 22.5 Å². The van der Waals surface area contributed by atoms with Crippen molar-refractivity contribution in [3.8, 4) is 0 Å². The highest BCUT2D eigenvalue weighted by molar-refractivity contribution is 6.05. The van der Waals surface area contributed by atoms with E-state index in [4.69, 9.17) is 5.73 Å². The van der Waals surface area contributed by atoms with Crippen LogP contribution in [0.5, 0.6) is 0 Å². The fourth-order valence-corrected chi connectivity index (χ4v) is 7.84. The highest BCUT2D eigenvalue weighted by atomic mass is 19.1. The quantitative estimate of drug-likeness (QED) is 0.159. The fourth-order valence-electron chi connectivity index (χ4n) is 7.84. The minimum atomic E-state index is -0.367. The number of fused-ring (bicyclic) bond motifs is 5. The summed E-state index contributed by atoms with van der Waals surface area (Å²) in [6, 6.07) is 42.6. The van der Waals surface area contributed by atoms with E-state index in [9.17, 15) is 14.0 Å². The molecule has 2 unspecified atom stereocenters. The number of anilines is 4. The summed E-state index contributed by atoms with van der Waals surface area (Å²) in [6.45, 7) is 2.32. The van der Waals surface area contributed by atoms with Gasteiger partial charge in [0.1, 0.15) is 5.82 Å². The number of halogens is 1. The zero-order valence-electron chi connectivity index (χ0n) is 32.5. The Morgan fingerprint density at radius 1 is 0.576 bits per heavy atom. The van der Waals surface area contributed by atoms with Gasteiger partial charge in [-0.05, 0) is 116 Å². The van der Waals surface area contributed by atoms with E-state index in [1.165, 1.54) is 55.6 Å². The van der Waals surface area contributed by atoms with Crippen LogP contribution in [0.2, 0.25) is 0 Å². The minimum absolute atomic E-state index is 0.0980. The van der Waals surface area contributed by atoms with Crippen molar-refractivity contribution in [1.82, 2.24) is 15.0 Å². The molecule has 59 heavy (non-hydrogen) atoms. The van der Waals surface area contributed by atoms with Crippen LogP contribution in [0.3, 0.4) is 0 Å². The molecule has 5 aromatic carbocycles. The second-order valence-electron chi connectivity index (χ2n) is 15.1. The normalized spacial score (nSPS) is 15.6. The summed E-state index contributed by atoms with van der Waals surface area (Å²) in [5, 5.41) is 8.77. The summed E-state index contributed by atoms with van der Waals surface area (Å²) in [4.78, 5) is 40.0. The molecule has 2 fully saturated rings. The Morgan fingerprint density at radius 3 is 1.53 bits per heavy atom. The lowest BCUT2D eigenvalue weighted by molar-refractivity contribution is 0.101. The van der Waals surface area contributed by atoms with E-state index < -0.39 is 0 Å². The van der Waals surface area contributed by atoms with Crippen molar-refractivity contribution in [3.63, 3.8) is 0 Å². The number of carbonyl (C=O) groups is 2. The smallest absolute Gasteiger partial charge is 0.255 e. The molecule has 2 bridgehead atoms. The van der Waals surface area contributed by atoms with E-state index in [1.54, 1.807) is 18.6 Å². The molecule has 2 atom stereocenters. The zero-order chi connectivity index (χ0) is 40.6. The second-order valence-corrected chi connectivity index (χ2v) is 15.1. The number of para-hydroxylation sites is 3. The van der Waals surface area contributed by atoms with Crippen LogP contribution in [-0.2, 0) is 0 Å². The van der Waals surface area contributed by atoms with Gasteiger partial charge in [-0.15, -0.1) is 0 Å². The summed E-state index contributed by atoms with van der Waals surface area (Å²) in [6.07, 6.45) is 10.5. The maximum atomic E-state index is 12.8. The van der Waals surface area contributed by atoms with Gasteiger partial charge in [0.25, 0.3) is 11.8 Å². The minimum Gasteiger partial charge on any atom is -0.397 e. The molecule has 3 aromatic heterocycles. The number of amides is 2. The van der Waals surface area contributed by atoms with E-state index in [1.807, 2.05) is 103 Å². The van der Waals surface area contributed by atoms with E-state index in [0.717, 1.165) is 63.3 Å². The van der Waals surface area contributed by atoms with Crippen LogP contribution in [-0.4, -0.2) is 39.9 Å². The van der Waals surface area contributed by atoms with Crippen LogP contribution in [0.15, 0.2) is 158 Å². The Balaban J connectivity index is 0.000000135. The number of benzene rings is 5. The van der Waals surface area contributed by atoms with Gasteiger partial charge in [-0.25, -0.2) is 4.39 Å². The van der Waals surface area contributed by atoms with E-state index in [-0.39, 0.29) is 17.6 Å². The molecule has 0 spiro atoms. The number of nitrogen functional groups attached to an aromatic ring is 1. The van der Waals surface area contributed by atoms with Crippen molar-refractivity contribution in [1.29, 1.82) is 0 Å². The number of nitrogens with one attached hydrogen (secondary N) is 2. The zero-order valence-corrected chi connectivity index (χ0v) is 32.5. The number of nitrogens with zero attached hydrogens (tertiary/aromatic N) is 4. The second kappa shape index (κ2) is 17.9. The monoisotopic (exact) mass is 781 g/mol. The topological polar surface area (TPSA) is 126 Å². The third kappa shape index (κ3) is 9.85. The van der Waals surface area contributed by atoms with Gasteiger partial charge in [0.05, 0.1) is 52.2 Å². The number of pyridine rings is 3. The number of rotatable bonds is 5. The van der Waals surface area contributed by atoms with E-state index >= 15 is 0 Å². The molecule has 2 amide bonds. The fraction of sp³-hybridized carbons (Fsp3) is 0.163. The molecule has 10 rings (SSSR count). The molecule has 4 heterocycles. The Morgan fingerprint density at radius 2 is 1.02 bits per heavy atom. The van der Waals surface area contributed by atoms with Gasteiger partial charge in [-0.1, -0.05) is 61.0 Å². The first kappa shape index (κ1) is 38.7. The van der Waals surface area contributed by atoms with Gasteiger partial charge in [0.15, 0.2) is 0 Å². The van der Waals surface area contributed by atoms with Crippen molar-refractivity contribution in [2.45, 2.75) is 25.7 Å². The molecule has 4 N–H and O–H groups in total. The third-order valence-corrected chi connectivity index (χ3v) is 10.8. The first-order valence-corrected chi connectivity index (χ1v) is 19.9. The SMILES string of the molecule is Nc1cnc2ccccc2c1.O=C(Nc1cnc2ccccc2c1)c1ccc(F)cc1.O=C(Nc1cnc2ccccc2c1)c1ccc(N2CC3CCCC(C3)C2)cc1. The molecule has 9 nitrogen and oxygen atoms in total. The van der Waals surface area contributed by atoms with Gasteiger partial charge >= 0.3 is 0 Å². The first-order valence-electron chi connectivity index (χ1n) is 19.9. The molecule has 1 saturated carbocycles. The highest BCUT2D eigenvalue weighted by Crippen LogP contribution is 2.36.